The summed E-state index contributed by atoms with van der Waals surface area (Å²) in [6.07, 6.45) is 3.46. The van der Waals surface area contributed by atoms with Crippen LogP contribution in [0.1, 0.15) is 15.9 Å². The van der Waals surface area contributed by atoms with Crippen LogP contribution in [0.15, 0.2) is 60.9 Å². The van der Waals surface area contributed by atoms with Crippen LogP contribution in [0.3, 0.4) is 0 Å². The molecule has 1 heterocycles. The zero-order chi connectivity index (χ0) is 17.8. The van der Waals surface area contributed by atoms with Gasteiger partial charge in [0.2, 0.25) is 0 Å². The number of nitrogens with one attached hydrogen (secondary N) is 1. The first-order valence-electron chi connectivity index (χ1n) is 7.45. The molecule has 2 aromatic carbocycles. The number of nitro benzene ring substituents is 1. The Morgan fingerprint density at radius 3 is 2.72 bits per heavy atom. The highest BCUT2D eigenvalue weighted by Gasteiger charge is 2.15. The van der Waals surface area contributed by atoms with Crippen LogP contribution < -0.4 is 11.1 Å². The van der Waals surface area contributed by atoms with E-state index >= 15 is 0 Å². The number of nitro groups is 1. The fourth-order valence-corrected chi connectivity index (χ4v) is 2.30. The van der Waals surface area contributed by atoms with Crippen molar-refractivity contribution in [3.8, 4) is 5.69 Å². The third kappa shape index (κ3) is 3.63. The van der Waals surface area contributed by atoms with Gasteiger partial charge in [-0.1, -0.05) is 18.2 Å². The number of para-hydroxylation sites is 1. The van der Waals surface area contributed by atoms with Crippen molar-refractivity contribution in [3.05, 3.63) is 82.2 Å². The highest BCUT2D eigenvalue weighted by Crippen LogP contribution is 2.22. The van der Waals surface area contributed by atoms with E-state index in [4.69, 9.17) is 5.73 Å². The monoisotopic (exact) mass is 337 g/mol. The number of nitrogens with two attached hydrogens (primary N) is 1. The molecule has 8 heteroatoms. The Bertz CT molecular complexity index is 921. The van der Waals surface area contributed by atoms with E-state index in [1.54, 1.807) is 17.1 Å². The molecule has 0 unspecified atom stereocenters. The van der Waals surface area contributed by atoms with Gasteiger partial charge in [0.15, 0.2) is 0 Å². The molecule has 1 amide bonds. The van der Waals surface area contributed by atoms with Crippen molar-refractivity contribution in [2.45, 2.75) is 6.54 Å². The van der Waals surface area contributed by atoms with Crippen molar-refractivity contribution in [1.29, 1.82) is 0 Å². The number of hydrogen-bond acceptors (Lipinski definition) is 5. The Hall–Kier alpha value is -3.68. The Morgan fingerprint density at radius 2 is 2.00 bits per heavy atom. The summed E-state index contributed by atoms with van der Waals surface area (Å²) in [6.45, 7) is 0.254. The number of carbonyl (C=O) groups excluding carboxylic acids is 1. The van der Waals surface area contributed by atoms with E-state index in [2.05, 4.69) is 10.4 Å². The van der Waals surface area contributed by atoms with Crippen molar-refractivity contribution in [3.63, 3.8) is 0 Å². The van der Waals surface area contributed by atoms with E-state index in [1.807, 2.05) is 30.3 Å². The molecule has 1 aromatic heterocycles. The normalized spacial score (nSPS) is 10.4. The van der Waals surface area contributed by atoms with Gasteiger partial charge in [-0.3, -0.25) is 14.9 Å². The maximum atomic E-state index is 12.2. The molecule has 8 nitrogen and oxygen atoms in total. The first-order chi connectivity index (χ1) is 12.0. The molecule has 0 fully saturated rings. The number of nitrogens with zero attached hydrogens (tertiary/aromatic N) is 3. The van der Waals surface area contributed by atoms with E-state index in [0.717, 1.165) is 17.3 Å². The predicted octanol–water partition coefficient (Wildman–Crippen LogP) is 2.29. The van der Waals surface area contributed by atoms with Gasteiger partial charge in [-0.2, -0.15) is 5.10 Å². The average molecular weight is 337 g/mol. The van der Waals surface area contributed by atoms with Crippen LogP contribution in [0.2, 0.25) is 0 Å². The second kappa shape index (κ2) is 6.83. The topological polar surface area (TPSA) is 116 Å². The second-order valence-corrected chi connectivity index (χ2v) is 5.34. The number of anilines is 1. The van der Waals surface area contributed by atoms with Gasteiger partial charge in [0.1, 0.15) is 5.69 Å². The Balaban J connectivity index is 1.68. The van der Waals surface area contributed by atoms with Gasteiger partial charge in [0, 0.05) is 29.9 Å². The zero-order valence-electron chi connectivity index (χ0n) is 13.1. The van der Waals surface area contributed by atoms with Crippen LogP contribution in [-0.4, -0.2) is 20.6 Å². The second-order valence-electron chi connectivity index (χ2n) is 5.34. The number of rotatable bonds is 5. The van der Waals surface area contributed by atoms with Crippen molar-refractivity contribution >= 4 is 17.3 Å². The van der Waals surface area contributed by atoms with Gasteiger partial charge in [-0.15, -0.1) is 0 Å². The summed E-state index contributed by atoms with van der Waals surface area (Å²) < 4.78 is 1.70. The van der Waals surface area contributed by atoms with Crippen molar-refractivity contribution in [2.75, 3.05) is 5.73 Å². The van der Waals surface area contributed by atoms with Crippen LogP contribution in [-0.2, 0) is 6.54 Å². The Morgan fingerprint density at radius 1 is 1.24 bits per heavy atom. The molecular formula is C17H15N5O3. The molecule has 25 heavy (non-hydrogen) atoms. The molecule has 3 N–H and O–H groups in total. The summed E-state index contributed by atoms with van der Waals surface area (Å²) in [5.74, 6) is -0.421. The number of nitrogen functional groups attached to an aromatic ring is 1. The lowest BCUT2D eigenvalue weighted by Crippen LogP contribution is -2.22. The smallest absolute Gasteiger partial charge is 0.292 e. The van der Waals surface area contributed by atoms with Crippen LogP contribution in [0.5, 0.6) is 0 Å². The van der Waals surface area contributed by atoms with Gasteiger partial charge in [-0.05, 0) is 24.3 Å². The molecule has 126 valence electrons. The van der Waals surface area contributed by atoms with Crippen molar-refractivity contribution in [1.82, 2.24) is 15.1 Å². The summed E-state index contributed by atoms with van der Waals surface area (Å²) >= 11 is 0. The maximum Gasteiger partial charge on any atom is 0.292 e. The van der Waals surface area contributed by atoms with E-state index in [0.29, 0.717) is 0 Å². The molecule has 0 spiro atoms. The number of benzene rings is 2. The highest BCUT2D eigenvalue weighted by atomic mass is 16.6. The van der Waals surface area contributed by atoms with E-state index in [9.17, 15) is 14.9 Å². The lowest BCUT2D eigenvalue weighted by Gasteiger charge is -2.05. The molecule has 0 aliphatic rings. The van der Waals surface area contributed by atoms with Crippen LogP contribution in [0.4, 0.5) is 11.4 Å². The van der Waals surface area contributed by atoms with Gasteiger partial charge >= 0.3 is 0 Å². The molecule has 0 aliphatic carbocycles. The standard InChI is InChI=1S/C17H15N5O3/c18-15-7-6-13(8-16(15)22(24)25)17(23)19-9-12-10-20-21(11-12)14-4-2-1-3-5-14/h1-8,10-11H,9,18H2,(H,19,23). The maximum absolute atomic E-state index is 12.2. The summed E-state index contributed by atoms with van der Waals surface area (Å²) in [4.78, 5) is 22.5. The molecular weight excluding hydrogens is 322 g/mol. The summed E-state index contributed by atoms with van der Waals surface area (Å²) in [7, 11) is 0. The van der Waals surface area contributed by atoms with Gasteiger partial charge in [-0.25, -0.2) is 4.68 Å². The first kappa shape index (κ1) is 16.2. The summed E-state index contributed by atoms with van der Waals surface area (Å²) in [5, 5.41) is 17.9. The molecule has 3 aromatic rings. The molecule has 0 atom stereocenters. The quantitative estimate of drug-likeness (QED) is 0.421. The van der Waals surface area contributed by atoms with E-state index in [-0.39, 0.29) is 23.5 Å². The third-order valence-corrected chi connectivity index (χ3v) is 3.60. The minimum Gasteiger partial charge on any atom is -0.393 e. The SMILES string of the molecule is Nc1ccc(C(=O)NCc2cnn(-c3ccccc3)c2)cc1[N+](=O)[O-]. The minimum atomic E-state index is -0.615. The van der Waals surface area contributed by atoms with E-state index in [1.165, 1.54) is 12.1 Å². The lowest BCUT2D eigenvalue weighted by molar-refractivity contribution is -0.383. The van der Waals surface area contributed by atoms with Crippen LogP contribution in [0.25, 0.3) is 5.69 Å². The number of aromatic nitrogens is 2. The molecule has 0 saturated heterocycles. The largest absolute Gasteiger partial charge is 0.393 e. The van der Waals surface area contributed by atoms with E-state index < -0.39 is 10.8 Å². The minimum absolute atomic E-state index is 0.0192. The Kier molecular flexibility index (Phi) is 4.42. The van der Waals surface area contributed by atoms with Crippen molar-refractivity contribution in [2.24, 2.45) is 0 Å². The Labute approximate surface area is 143 Å². The average Bonchev–Trinajstić information content (AvgIpc) is 3.09. The zero-order valence-corrected chi connectivity index (χ0v) is 13.1. The van der Waals surface area contributed by atoms with Gasteiger partial charge in [0.05, 0.1) is 16.8 Å². The number of amides is 1. The molecule has 0 saturated carbocycles. The van der Waals surface area contributed by atoms with Crippen molar-refractivity contribution < 1.29 is 9.72 Å². The first-order valence-corrected chi connectivity index (χ1v) is 7.45. The fourth-order valence-electron chi connectivity index (χ4n) is 2.30. The van der Waals surface area contributed by atoms with Crippen LogP contribution >= 0.6 is 0 Å². The molecule has 0 radical (unpaired) electrons. The predicted molar refractivity (Wildman–Crippen MR) is 92.2 cm³/mol. The fraction of sp³-hybridized carbons (Fsp3) is 0.0588. The molecule has 0 bridgehead atoms. The third-order valence-electron chi connectivity index (χ3n) is 3.60. The highest BCUT2D eigenvalue weighted by molar-refractivity contribution is 5.95. The molecule has 0 aliphatic heterocycles. The van der Waals surface area contributed by atoms with Crippen LogP contribution in [0, 0.1) is 10.1 Å². The molecule has 3 rings (SSSR count). The van der Waals surface area contributed by atoms with Gasteiger partial charge in [0.25, 0.3) is 11.6 Å². The van der Waals surface area contributed by atoms with Gasteiger partial charge < -0.3 is 11.1 Å². The number of carbonyl (C=O) groups is 1. The number of hydrogen-bond donors (Lipinski definition) is 2. The lowest BCUT2D eigenvalue weighted by atomic mass is 10.1. The summed E-state index contributed by atoms with van der Waals surface area (Å²) in [5.41, 5.74) is 7.16. The summed E-state index contributed by atoms with van der Waals surface area (Å²) in [6, 6.07) is 13.5.